The molecule has 0 spiro atoms. The molecule has 4 aromatic rings. The Bertz CT molecular complexity index is 1190. The van der Waals surface area contributed by atoms with Gasteiger partial charge in [-0.15, -0.1) is 0 Å². The second kappa shape index (κ2) is 8.60. The molecule has 4 heteroatoms. The number of nitrogens with zero attached hydrogens (tertiary/aromatic N) is 2. The number of rotatable bonds is 6. The van der Waals surface area contributed by atoms with Gasteiger partial charge in [-0.25, -0.2) is 0 Å². The average Bonchev–Trinajstić information content (AvgIpc) is 2.77. The molecule has 0 aliphatic carbocycles. The van der Waals surface area contributed by atoms with Gasteiger partial charge in [-0.2, -0.15) is 0 Å². The molecule has 0 amide bonds. The van der Waals surface area contributed by atoms with Crippen LogP contribution in [0.2, 0.25) is 0 Å². The van der Waals surface area contributed by atoms with Gasteiger partial charge in [-0.3, -0.25) is 9.98 Å². The average molecular weight is 411 g/mol. The first kappa shape index (κ1) is 20.6. The Kier molecular flexibility index (Phi) is 5.72. The van der Waals surface area contributed by atoms with E-state index >= 15 is 0 Å². The van der Waals surface area contributed by atoms with E-state index in [4.69, 9.17) is 0 Å². The highest BCUT2D eigenvalue weighted by molar-refractivity contribution is 6.03. The number of benzene rings is 4. The molecule has 0 aliphatic heterocycles. The summed E-state index contributed by atoms with van der Waals surface area (Å²) in [6.45, 7) is 5.34. The topological polar surface area (TPSA) is 65.2 Å². The minimum absolute atomic E-state index is 0.173. The normalized spacial score (nSPS) is 12.5. The van der Waals surface area contributed by atoms with Crippen molar-refractivity contribution >= 4 is 34.0 Å². The van der Waals surface area contributed by atoms with Crippen LogP contribution in [0.25, 0.3) is 21.5 Å². The van der Waals surface area contributed by atoms with Gasteiger partial charge in [0.05, 0.1) is 0 Å². The molecule has 4 aromatic carbocycles. The molecule has 0 aromatic heterocycles. The fourth-order valence-corrected chi connectivity index (χ4v) is 3.66. The Morgan fingerprint density at radius 3 is 1.52 bits per heavy atom. The lowest BCUT2D eigenvalue weighted by Gasteiger charge is -2.19. The summed E-state index contributed by atoms with van der Waals surface area (Å²) in [5, 5.41) is 24.7. The van der Waals surface area contributed by atoms with Crippen LogP contribution < -0.4 is 0 Å². The predicted octanol–water partition coefficient (Wildman–Crippen LogP) is 5.97. The SMILES string of the molecule is CC(C)(C/N=C/c1c(O)ccc2ccccc12)C/N=C/c1c(O)ccc2ccccc12. The number of phenolic OH excluding ortho intramolecular Hbond substituents is 2. The molecule has 0 unspecified atom stereocenters. The third-order valence-corrected chi connectivity index (χ3v) is 5.37. The zero-order chi connectivity index (χ0) is 21.8. The van der Waals surface area contributed by atoms with E-state index in [1.807, 2.05) is 60.7 Å². The van der Waals surface area contributed by atoms with Gasteiger partial charge in [0.25, 0.3) is 0 Å². The van der Waals surface area contributed by atoms with Gasteiger partial charge in [-0.1, -0.05) is 74.5 Å². The molecule has 0 saturated carbocycles. The third-order valence-electron chi connectivity index (χ3n) is 5.37. The van der Waals surface area contributed by atoms with Crippen molar-refractivity contribution in [1.82, 2.24) is 0 Å². The van der Waals surface area contributed by atoms with E-state index in [-0.39, 0.29) is 16.9 Å². The molecule has 0 saturated heterocycles. The zero-order valence-electron chi connectivity index (χ0n) is 17.8. The molecule has 4 nitrogen and oxygen atoms in total. The monoisotopic (exact) mass is 410 g/mol. The second-order valence-electron chi connectivity index (χ2n) is 8.54. The first-order valence-corrected chi connectivity index (χ1v) is 10.4. The van der Waals surface area contributed by atoms with Crippen molar-refractivity contribution in [3.63, 3.8) is 0 Å². The van der Waals surface area contributed by atoms with Crippen molar-refractivity contribution in [2.24, 2.45) is 15.4 Å². The summed E-state index contributed by atoms with van der Waals surface area (Å²) >= 11 is 0. The highest BCUT2D eigenvalue weighted by Gasteiger charge is 2.16. The second-order valence-corrected chi connectivity index (χ2v) is 8.54. The summed E-state index contributed by atoms with van der Waals surface area (Å²) in [4.78, 5) is 9.22. The third kappa shape index (κ3) is 4.58. The lowest BCUT2D eigenvalue weighted by molar-refractivity contribution is 0.396. The van der Waals surface area contributed by atoms with Crippen LogP contribution in [0.5, 0.6) is 11.5 Å². The quantitative estimate of drug-likeness (QED) is 0.385. The number of aliphatic imine (C=N–C) groups is 2. The molecule has 2 N–H and O–H groups in total. The van der Waals surface area contributed by atoms with Crippen molar-refractivity contribution in [1.29, 1.82) is 0 Å². The molecule has 0 bridgehead atoms. The first-order chi connectivity index (χ1) is 14.9. The summed E-state index contributed by atoms with van der Waals surface area (Å²) in [6.07, 6.45) is 3.50. The maximum absolute atomic E-state index is 10.3. The van der Waals surface area contributed by atoms with Crippen LogP contribution >= 0.6 is 0 Å². The van der Waals surface area contributed by atoms with E-state index in [0.29, 0.717) is 13.1 Å². The van der Waals surface area contributed by atoms with Gasteiger partial charge < -0.3 is 10.2 Å². The zero-order valence-corrected chi connectivity index (χ0v) is 17.8. The summed E-state index contributed by atoms with van der Waals surface area (Å²) in [5.41, 5.74) is 1.30. The Morgan fingerprint density at radius 2 is 1.06 bits per heavy atom. The van der Waals surface area contributed by atoms with Gasteiger partial charge in [0, 0.05) is 42.1 Å². The molecule has 4 rings (SSSR count). The number of phenols is 2. The van der Waals surface area contributed by atoms with Crippen molar-refractivity contribution < 1.29 is 10.2 Å². The molecule has 0 heterocycles. The van der Waals surface area contributed by atoms with Gasteiger partial charge in [0.15, 0.2) is 0 Å². The van der Waals surface area contributed by atoms with Crippen molar-refractivity contribution in [2.75, 3.05) is 13.1 Å². The van der Waals surface area contributed by atoms with Crippen LogP contribution in [-0.2, 0) is 0 Å². The van der Waals surface area contributed by atoms with Crippen LogP contribution in [0.1, 0.15) is 25.0 Å². The van der Waals surface area contributed by atoms with Crippen LogP contribution in [0.15, 0.2) is 82.8 Å². The fourth-order valence-electron chi connectivity index (χ4n) is 3.66. The summed E-state index contributed by atoms with van der Waals surface area (Å²) in [6, 6.07) is 23.1. The Balaban J connectivity index is 1.49. The molecular weight excluding hydrogens is 384 g/mol. The maximum atomic E-state index is 10.3. The van der Waals surface area contributed by atoms with E-state index < -0.39 is 0 Å². The molecule has 0 atom stereocenters. The minimum atomic E-state index is -0.173. The molecule has 31 heavy (non-hydrogen) atoms. The molecule has 0 aliphatic rings. The largest absolute Gasteiger partial charge is 0.507 e. The minimum Gasteiger partial charge on any atom is -0.507 e. The van der Waals surface area contributed by atoms with E-state index in [9.17, 15) is 10.2 Å². The molecule has 0 radical (unpaired) electrons. The van der Waals surface area contributed by atoms with Crippen molar-refractivity contribution in [3.8, 4) is 11.5 Å². The predicted molar refractivity (Wildman–Crippen MR) is 130 cm³/mol. The van der Waals surface area contributed by atoms with Crippen LogP contribution in [-0.4, -0.2) is 35.7 Å². The fraction of sp³-hybridized carbons (Fsp3) is 0.185. The number of fused-ring (bicyclic) bond motifs is 2. The Labute approximate surface area is 182 Å². The van der Waals surface area contributed by atoms with E-state index in [0.717, 1.165) is 32.7 Å². The Morgan fingerprint density at radius 1 is 0.645 bits per heavy atom. The Hall–Kier alpha value is -3.66. The van der Waals surface area contributed by atoms with Gasteiger partial charge >= 0.3 is 0 Å². The summed E-state index contributed by atoms with van der Waals surface area (Å²) in [7, 11) is 0. The smallest absolute Gasteiger partial charge is 0.124 e. The summed E-state index contributed by atoms with van der Waals surface area (Å²) < 4.78 is 0. The number of hydrogen-bond donors (Lipinski definition) is 2. The van der Waals surface area contributed by atoms with Crippen molar-refractivity contribution in [3.05, 3.63) is 83.9 Å². The standard InChI is InChI=1S/C27H26N2O2/c1-27(2,17-28-15-23-21-9-5-3-7-19(21)11-13-25(23)30)18-29-16-24-22-10-6-4-8-20(22)12-14-26(24)31/h3-16,30-31H,17-18H2,1-2H3/b28-15+,29-16+. The lowest BCUT2D eigenvalue weighted by atomic mass is 9.94. The van der Waals surface area contributed by atoms with Crippen LogP contribution in [0.4, 0.5) is 0 Å². The number of aromatic hydroxyl groups is 2. The van der Waals surface area contributed by atoms with E-state index in [1.54, 1.807) is 24.6 Å². The highest BCUT2D eigenvalue weighted by Crippen LogP contribution is 2.27. The molecular formula is C27H26N2O2. The first-order valence-electron chi connectivity index (χ1n) is 10.4. The van der Waals surface area contributed by atoms with Crippen LogP contribution in [0, 0.1) is 5.41 Å². The maximum Gasteiger partial charge on any atom is 0.124 e. The molecule has 0 fully saturated rings. The van der Waals surface area contributed by atoms with Gasteiger partial charge in [-0.05, 0) is 33.7 Å². The van der Waals surface area contributed by atoms with Crippen LogP contribution in [0.3, 0.4) is 0 Å². The summed E-state index contributed by atoms with van der Waals surface area (Å²) in [5.74, 6) is 0.453. The highest BCUT2D eigenvalue weighted by atomic mass is 16.3. The van der Waals surface area contributed by atoms with E-state index in [2.05, 4.69) is 23.8 Å². The van der Waals surface area contributed by atoms with E-state index in [1.165, 1.54) is 0 Å². The number of hydrogen-bond acceptors (Lipinski definition) is 4. The van der Waals surface area contributed by atoms with Gasteiger partial charge in [0.2, 0.25) is 0 Å². The van der Waals surface area contributed by atoms with Crippen molar-refractivity contribution in [2.45, 2.75) is 13.8 Å². The molecule has 156 valence electrons. The van der Waals surface area contributed by atoms with Gasteiger partial charge in [0.1, 0.15) is 11.5 Å². The lowest BCUT2D eigenvalue weighted by Crippen LogP contribution is -2.19.